The lowest BCUT2D eigenvalue weighted by atomic mass is 10.2. The zero-order valence-corrected chi connectivity index (χ0v) is 17.0. The maximum absolute atomic E-state index is 12.4. The molecule has 3 rings (SSSR count). The lowest BCUT2D eigenvalue weighted by molar-refractivity contribution is -0.113. The number of methoxy groups -OCH3 is 1. The second-order valence-corrected chi connectivity index (χ2v) is 8.01. The number of halogens is 1. The van der Waals surface area contributed by atoms with Crippen molar-refractivity contribution in [3.05, 3.63) is 59.1 Å². The van der Waals surface area contributed by atoms with Gasteiger partial charge in [-0.15, -0.1) is 10.2 Å². The number of nitrogens with one attached hydrogen (secondary N) is 2. The van der Waals surface area contributed by atoms with Gasteiger partial charge in [0.1, 0.15) is 5.75 Å². The maximum atomic E-state index is 12.4. The summed E-state index contributed by atoms with van der Waals surface area (Å²) in [5, 5.41) is 14.3. The molecule has 0 bridgehead atoms. The fourth-order valence-electron chi connectivity index (χ4n) is 2.17. The number of nitrogens with zero attached hydrogens (tertiary/aromatic N) is 2. The molecule has 10 heteroatoms. The molecule has 0 saturated carbocycles. The highest BCUT2D eigenvalue weighted by Crippen LogP contribution is 2.27. The van der Waals surface area contributed by atoms with Gasteiger partial charge in [0, 0.05) is 10.7 Å². The first kappa shape index (κ1) is 20.1. The van der Waals surface area contributed by atoms with E-state index in [2.05, 4.69) is 20.8 Å². The molecule has 1 aromatic heterocycles. The number of carbonyl (C=O) groups excluding carboxylic acids is 2. The van der Waals surface area contributed by atoms with Crippen molar-refractivity contribution in [3.8, 4) is 5.75 Å². The van der Waals surface area contributed by atoms with E-state index in [0.29, 0.717) is 31.5 Å². The summed E-state index contributed by atoms with van der Waals surface area (Å²) in [4.78, 5) is 24.4. The van der Waals surface area contributed by atoms with Crippen molar-refractivity contribution in [2.45, 2.75) is 4.34 Å². The highest BCUT2D eigenvalue weighted by molar-refractivity contribution is 8.01. The topological polar surface area (TPSA) is 93.2 Å². The molecule has 7 nitrogen and oxygen atoms in total. The molecule has 2 aromatic carbocycles. The number of hydrogen-bond acceptors (Lipinski definition) is 7. The predicted molar refractivity (Wildman–Crippen MR) is 112 cm³/mol. The van der Waals surface area contributed by atoms with Gasteiger partial charge >= 0.3 is 0 Å². The van der Waals surface area contributed by atoms with Crippen LogP contribution in [0, 0.1) is 0 Å². The summed E-state index contributed by atoms with van der Waals surface area (Å²) >= 11 is 8.24. The van der Waals surface area contributed by atoms with Crippen LogP contribution >= 0.6 is 34.7 Å². The van der Waals surface area contributed by atoms with Gasteiger partial charge in [0.05, 0.1) is 18.4 Å². The van der Waals surface area contributed by atoms with Crippen molar-refractivity contribution in [1.82, 2.24) is 10.2 Å². The van der Waals surface area contributed by atoms with E-state index >= 15 is 0 Å². The van der Waals surface area contributed by atoms with Crippen LogP contribution in [0.2, 0.25) is 5.02 Å². The minimum Gasteiger partial charge on any atom is -0.496 e. The number of rotatable bonds is 7. The summed E-state index contributed by atoms with van der Waals surface area (Å²) in [6.45, 7) is 0. The molecule has 2 N–H and O–H groups in total. The van der Waals surface area contributed by atoms with Crippen LogP contribution < -0.4 is 15.4 Å². The van der Waals surface area contributed by atoms with Crippen LogP contribution in [-0.4, -0.2) is 34.9 Å². The summed E-state index contributed by atoms with van der Waals surface area (Å²) in [5.74, 6) is 0.114. The molecule has 0 fully saturated rings. The SMILES string of the molecule is COc1ccccc1C(=O)Nc1nnc(SCC(=O)Nc2ccc(Cl)cc2)s1. The van der Waals surface area contributed by atoms with Crippen LogP contribution in [0.5, 0.6) is 5.75 Å². The second-order valence-electron chi connectivity index (χ2n) is 5.37. The Labute approximate surface area is 174 Å². The highest BCUT2D eigenvalue weighted by atomic mass is 35.5. The van der Waals surface area contributed by atoms with Crippen LogP contribution in [0.3, 0.4) is 0 Å². The van der Waals surface area contributed by atoms with E-state index in [1.54, 1.807) is 48.5 Å². The summed E-state index contributed by atoms with van der Waals surface area (Å²) in [6, 6.07) is 13.7. The molecule has 0 saturated heterocycles. The average Bonchev–Trinajstić information content (AvgIpc) is 3.15. The molecular weight excluding hydrogens is 420 g/mol. The van der Waals surface area contributed by atoms with E-state index in [9.17, 15) is 9.59 Å². The molecule has 0 aliphatic carbocycles. The smallest absolute Gasteiger partial charge is 0.261 e. The number of benzene rings is 2. The largest absolute Gasteiger partial charge is 0.496 e. The number of carbonyl (C=O) groups is 2. The Morgan fingerprint density at radius 1 is 1.11 bits per heavy atom. The van der Waals surface area contributed by atoms with Crippen LogP contribution in [0.4, 0.5) is 10.8 Å². The minimum absolute atomic E-state index is 0.164. The van der Waals surface area contributed by atoms with Gasteiger partial charge in [0.25, 0.3) is 5.91 Å². The second kappa shape index (κ2) is 9.54. The monoisotopic (exact) mass is 434 g/mol. The van der Waals surface area contributed by atoms with Crippen molar-refractivity contribution < 1.29 is 14.3 Å². The van der Waals surface area contributed by atoms with Gasteiger partial charge in [-0.25, -0.2) is 0 Å². The third-order valence-corrected chi connectivity index (χ3v) is 5.66. The number of anilines is 2. The molecule has 0 unspecified atom stereocenters. The molecule has 1 heterocycles. The first-order chi connectivity index (χ1) is 13.5. The van der Waals surface area contributed by atoms with E-state index in [1.165, 1.54) is 30.2 Å². The van der Waals surface area contributed by atoms with Crippen molar-refractivity contribution in [1.29, 1.82) is 0 Å². The molecule has 3 aromatic rings. The fraction of sp³-hybridized carbons (Fsp3) is 0.111. The van der Waals surface area contributed by atoms with Gasteiger partial charge in [-0.3, -0.25) is 14.9 Å². The number of hydrogen-bond donors (Lipinski definition) is 2. The van der Waals surface area contributed by atoms with E-state index < -0.39 is 0 Å². The molecule has 0 aliphatic rings. The van der Waals surface area contributed by atoms with E-state index in [4.69, 9.17) is 16.3 Å². The Bertz CT molecular complexity index is 979. The van der Waals surface area contributed by atoms with Crippen LogP contribution in [-0.2, 0) is 4.79 Å². The van der Waals surface area contributed by atoms with Crippen LogP contribution in [0.1, 0.15) is 10.4 Å². The lowest BCUT2D eigenvalue weighted by Gasteiger charge is -2.06. The van der Waals surface area contributed by atoms with Gasteiger partial charge in [0.2, 0.25) is 11.0 Å². The Balaban J connectivity index is 1.53. The molecule has 144 valence electrons. The summed E-state index contributed by atoms with van der Waals surface area (Å²) in [5.41, 5.74) is 1.06. The van der Waals surface area contributed by atoms with E-state index in [1.807, 2.05) is 0 Å². The number of aromatic nitrogens is 2. The third kappa shape index (κ3) is 5.44. The Kier molecular flexibility index (Phi) is 6.85. The standard InChI is InChI=1S/C18H15ClN4O3S2/c1-26-14-5-3-2-4-13(14)16(25)21-17-22-23-18(28-17)27-10-15(24)20-12-8-6-11(19)7-9-12/h2-9H,10H2,1H3,(H,20,24)(H,21,22,25). The fourth-order valence-corrected chi connectivity index (χ4v) is 3.85. The van der Waals surface area contributed by atoms with Gasteiger partial charge in [-0.2, -0.15) is 0 Å². The zero-order chi connectivity index (χ0) is 19.9. The Morgan fingerprint density at radius 2 is 1.86 bits per heavy atom. The summed E-state index contributed by atoms with van der Waals surface area (Å²) < 4.78 is 5.75. The van der Waals surface area contributed by atoms with Gasteiger partial charge < -0.3 is 10.1 Å². The van der Waals surface area contributed by atoms with Crippen molar-refractivity contribution in [2.24, 2.45) is 0 Å². The number of amides is 2. The van der Waals surface area contributed by atoms with E-state index in [0.717, 1.165) is 0 Å². The predicted octanol–water partition coefficient (Wildman–Crippen LogP) is 4.18. The van der Waals surface area contributed by atoms with Gasteiger partial charge in [-0.1, -0.05) is 46.8 Å². The molecular formula is C18H15ClN4O3S2. The molecule has 0 radical (unpaired) electrons. The summed E-state index contributed by atoms with van der Waals surface area (Å²) in [7, 11) is 1.50. The third-order valence-electron chi connectivity index (χ3n) is 3.43. The maximum Gasteiger partial charge on any atom is 0.261 e. The molecule has 2 amide bonds. The van der Waals surface area contributed by atoms with Crippen molar-refractivity contribution in [3.63, 3.8) is 0 Å². The Hall–Kier alpha value is -2.62. The number of ether oxygens (including phenoxy) is 1. The normalized spacial score (nSPS) is 10.4. The van der Waals surface area contributed by atoms with E-state index in [-0.39, 0.29) is 17.6 Å². The first-order valence-electron chi connectivity index (χ1n) is 8.01. The Morgan fingerprint density at radius 3 is 2.61 bits per heavy atom. The lowest BCUT2D eigenvalue weighted by Crippen LogP contribution is -2.13. The van der Waals surface area contributed by atoms with Gasteiger partial charge in [0.15, 0.2) is 4.34 Å². The molecule has 28 heavy (non-hydrogen) atoms. The molecule has 0 aliphatic heterocycles. The van der Waals surface area contributed by atoms with Gasteiger partial charge in [-0.05, 0) is 36.4 Å². The van der Waals surface area contributed by atoms with Crippen LogP contribution in [0.15, 0.2) is 52.9 Å². The first-order valence-corrected chi connectivity index (χ1v) is 10.2. The molecule has 0 atom stereocenters. The molecule has 0 spiro atoms. The minimum atomic E-state index is -0.342. The van der Waals surface area contributed by atoms with Crippen molar-refractivity contribution in [2.75, 3.05) is 23.5 Å². The summed E-state index contributed by atoms with van der Waals surface area (Å²) in [6.07, 6.45) is 0. The van der Waals surface area contributed by atoms with Crippen LogP contribution in [0.25, 0.3) is 0 Å². The van der Waals surface area contributed by atoms with Crippen molar-refractivity contribution >= 4 is 57.3 Å². The number of para-hydroxylation sites is 1. The zero-order valence-electron chi connectivity index (χ0n) is 14.6. The number of thioether (sulfide) groups is 1. The highest BCUT2D eigenvalue weighted by Gasteiger charge is 2.15. The quantitative estimate of drug-likeness (QED) is 0.428. The average molecular weight is 435 g/mol.